The molecule has 2 atom stereocenters. The minimum atomic E-state index is -0.0709. The third-order valence-corrected chi connectivity index (χ3v) is 4.10. The van der Waals surface area contributed by atoms with Gasteiger partial charge in [0.15, 0.2) is 0 Å². The number of rotatable bonds is 2. The fraction of sp³-hybridized carbons (Fsp3) is 0.462. The number of esters is 1. The average molecular weight is 236 g/mol. The summed E-state index contributed by atoms with van der Waals surface area (Å²) in [4.78, 5) is 12.7. The second-order valence-electron chi connectivity index (χ2n) is 4.36. The number of aryl methyl sites for hydroxylation is 2. The normalized spacial score (nSPS) is 24.6. The topological polar surface area (TPSA) is 26.3 Å². The number of carbonyl (C=O) groups is 1. The highest BCUT2D eigenvalue weighted by molar-refractivity contribution is 8.00. The summed E-state index contributed by atoms with van der Waals surface area (Å²) in [7, 11) is 0. The first-order valence-corrected chi connectivity index (χ1v) is 6.38. The lowest BCUT2D eigenvalue weighted by atomic mass is 10.2. The van der Waals surface area contributed by atoms with E-state index in [1.54, 1.807) is 11.8 Å². The molecule has 0 N–H and O–H groups in total. The molecule has 2 nitrogen and oxygen atoms in total. The number of carbonyl (C=O) groups excluding carboxylic acids is 1. The minimum Gasteiger partial charge on any atom is -0.462 e. The van der Waals surface area contributed by atoms with E-state index in [4.69, 9.17) is 4.74 Å². The smallest absolute Gasteiger partial charge is 0.319 e. The summed E-state index contributed by atoms with van der Waals surface area (Å²) in [5.74, 6) is -0.0709. The summed E-state index contributed by atoms with van der Waals surface area (Å²) in [6, 6.07) is 6.33. The second kappa shape index (κ2) is 4.50. The minimum absolute atomic E-state index is 0.0319. The van der Waals surface area contributed by atoms with Gasteiger partial charge < -0.3 is 4.74 Å². The van der Waals surface area contributed by atoms with Crippen molar-refractivity contribution in [2.45, 2.75) is 43.4 Å². The van der Waals surface area contributed by atoms with Gasteiger partial charge in [-0.25, -0.2) is 0 Å². The molecule has 1 aliphatic heterocycles. The van der Waals surface area contributed by atoms with Crippen LogP contribution in [-0.4, -0.2) is 17.3 Å². The molecule has 2 rings (SSSR count). The molecule has 0 radical (unpaired) electrons. The Labute approximate surface area is 100 Å². The number of hydrogen-bond acceptors (Lipinski definition) is 3. The molecule has 0 spiro atoms. The number of thioether (sulfide) groups is 1. The Kier molecular flexibility index (Phi) is 3.24. The Morgan fingerprint density at radius 1 is 1.38 bits per heavy atom. The van der Waals surface area contributed by atoms with Crippen LogP contribution in [0.3, 0.4) is 0 Å². The molecular formula is C13H16O2S. The van der Waals surface area contributed by atoms with Crippen molar-refractivity contribution in [3.05, 3.63) is 29.3 Å². The van der Waals surface area contributed by atoms with Gasteiger partial charge in [0.2, 0.25) is 0 Å². The molecule has 86 valence electrons. The zero-order valence-electron chi connectivity index (χ0n) is 9.82. The van der Waals surface area contributed by atoms with Crippen molar-refractivity contribution in [1.29, 1.82) is 0 Å². The molecule has 0 bridgehead atoms. The molecule has 0 saturated carbocycles. The summed E-state index contributed by atoms with van der Waals surface area (Å²) in [6.45, 7) is 6.09. The third-order valence-electron chi connectivity index (χ3n) is 2.74. The zero-order valence-corrected chi connectivity index (χ0v) is 10.6. The van der Waals surface area contributed by atoms with Crippen LogP contribution in [0.15, 0.2) is 23.1 Å². The van der Waals surface area contributed by atoms with Crippen LogP contribution in [0.25, 0.3) is 0 Å². The number of ether oxygens (including phenoxy) is 1. The molecule has 16 heavy (non-hydrogen) atoms. The summed E-state index contributed by atoms with van der Waals surface area (Å²) < 4.78 is 5.16. The summed E-state index contributed by atoms with van der Waals surface area (Å²) in [5, 5.41) is -0.0319. The summed E-state index contributed by atoms with van der Waals surface area (Å²) >= 11 is 1.63. The average Bonchev–Trinajstić information content (AvgIpc) is 2.51. The van der Waals surface area contributed by atoms with Crippen LogP contribution >= 0.6 is 11.8 Å². The van der Waals surface area contributed by atoms with E-state index in [0.717, 1.165) is 6.42 Å². The van der Waals surface area contributed by atoms with E-state index in [0.29, 0.717) is 0 Å². The molecule has 0 aliphatic carbocycles. The van der Waals surface area contributed by atoms with E-state index in [2.05, 4.69) is 32.0 Å². The van der Waals surface area contributed by atoms with E-state index in [1.165, 1.54) is 16.0 Å². The van der Waals surface area contributed by atoms with E-state index in [1.807, 2.05) is 6.92 Å². The predicted octanol–water partition coefficient (Wildman–Crippen LogP) is 3.10. The van der Waals surface area contributed by atoms with Gasteiger partial charge in [-0.1, -0.05) is 17.7 Å². The van der Waals surface area contributed by atoms with Gasteiger partial charge in [-0.15, -0.1) is 11.8 Å². The lowest BCUT2D eigenvalue weighted by Crippen LogP contribution is -2.09. The van der Waals surface area contributed by atoms with Gasteiger partial charge in [0, 0.05) is 11.3 Å². The van der Waals surface area contributed by atoms with Crippen LogP contribution in [0.2, 0.25) is 0 Å². The highest BCUT2D eigenvalue weighted by Crippen LogP contribution is 2.34. The molecule has 0 unspecified atom stereocenters. The largest absolute Gasteiger partial charge is 0.462 e. The summed E-state index contributed by atoms with van der Waals surface area (Å²) in [6.07, 6.45) is 0.881. The fourth-order valence-electron chi connectivity index (χ4n) is 1.80. The Balaban J connectivity index is 2.15. The lowest BCUT2D eigenvalue weighted by Gasteiger charge is -2.09. The monoisotopic (exact) mass is 236 g/mol. The molecule has 1 saturated heterocycles. The van der Waals surface area contributed by atoms with Crippen LogP contribution in [0, 0.1) is 13.8 Å². The van der Waals surface area contributed by atoms with Gasteiger partial charge >= 0.3 is 5.97 Å². The fourth-order valence-corrected chi connectivity index (χ4v) is 3.14. The maximum atomic E-state index is 11.5. The molecule has 1 heterocycles. The van der Waals surface area contributed by atoms with Crippen LogP contribution < -0.4 is 0 Å². The highest BCUT2D eigenvalue weighted by atomic mass is 32.2. The van der Waals surface area contributed by atoms with Crippen LogP contribution in [-0.2, 0) is 9.53 Å². The van der Waals surface area contributed by atoms with Crippen LogP contribution in [0.4, 0.5) is 0 Å². The van der Waals surface area contributed by atoms with Crippen molar-refractivity contribution >= 4 is 17.7 Å². The SMILES string of the molecule is Cc1ccc(C)c(S[C@@H]2C[C@@H](C)OC2=O)c1. The molecule has 0 amide bonds. The molecule has 1 fully saturated rings. The first-order valence-electron chi connectivity index (χ1n) is 5.50. The van der Waals surface area contributed by atoms with Crippen LogP contribution in [0.1, 0.15) is 24.5 Å². The Hall–Kier alpha value is -0.960. The van der Waals surface area contributed by atoms with E-state index in [9.17, 15) is 4.79 Å². The Morgan fingerprint density at radius 3 is 2.75 bits per heavy atom. The van der Waals surface area contributed by atoms with Gasteiger partial charge in [-0.3, -0.25) is 4.79 Å². The standard InChI is InChI=1S/C13H16O2S/c1-8-4-5-9(2)11(6-8)16-12-7-10(3)15-13(12)14/h4-6,10,12H,7H2,1-3H3/t10-,12-/m1/s1. The van der Waals surface area contributed by atoms with E-state index < -0.39 is 0 Å². The van der Waals surface area contributed by atoms with Gasteiger partial charge in [-0.05, 0) is 32.4 Å². The van der Waals surface area contributed by atoms with Crippen molar-refractivity contribution in [1.82, 2.24) is 0 Å². The van der Waals surface area contributed by atoms with E-state index >= 15 is 0 Å². The van der Waals surface area contributed by atoms with Crippen molar-refractivity contribution in [2.75, 3.05) is 0 Å². The molecule has 1 aliphatic rings. The molecule has 3 heteroatoms. The third kappa shape index (κ3) is 2.40. The maximum Gasteiger partial charge on any atom is 0.319 e. The van der Waals surface area contributed by atoms with Gasteiger partial charge in [0.05, 0.1) is 0 Å². The Bertz CT molecular complexity index is 414. The first kappa shape index (κ1) is 11.5. The quantitative estimate of drug-likeness (QED) is 0.738. The van der Waals surface area contributed by atoms with E-state index in [-0.39, 0.29) is 17.3 Å². The van der Waals surface area contributed by atoms with Crippen molar-refractivity contribution < 1.29 is 9.53 Å². The number of hydrogen-bond donors (Lipinski definition) is 0. The van der Waals surface area contributed by atoms with Crippen molar-refractivity contribution in [2.24, 2.45) is 0 Å². The zero-order chi connectivity index (χ0) is 11.7. The lowest BCUT2D eigenvalue weighted by molar-refractivity contribution is -0.140. The van der Waals surface area contributed by atoms with Crippen LogP contribution in [0.5, 0.6) is 0 Å². The predicted molar refractivity (Wildman–Crippen MR) is 65.7 cm³/mol. The van der Waals surface area contributed by atoms with Gasteiger partial charge in [0.25, 0.3) is 0 Å². The number of cyclic esters (lactones) is 1. The summed E-state index contributed by atoms with van der Waals surface area (Å²) in [5.41, 5.74) is 2.45. The number of benzene rings is 1. The molecule has 0 aromatic heterocycles. The molecule has 1 aromatic rings. The van der Waals surface area contributed by atoms with Gasteiger partial charge in [0.1, 0.15) is 11.4 Å². The highest BCUT2D eigenvalue weighted by Gasteiger charge is 2.32. The second-order valence-corrected chi connectivity index (χ2v) is 5.60. The molecular weight excluding hydrogens is 220 g/mol. The Morgan fingerprint density at radius 2 is 2.12 bits per heavy atom. The first-order chi connectivity index (χ1) is 7.56. The van der Waals surface area contributed by atoms with Crippen molar-refractivity contribution in [3.8, 4) is 0 Å². The van der Waals surface area contributed by atoms with Crippen molar-refractivity contribution in [3.63, 3.8) is 0 Å². The molecule has 1 aromatic carbocycles. The maximum absolute atomic E-state index is 11.5. The van der Waals surface area contributed by atoms with Gasteiger partial charge in [-0.2, -0.15) is 0 Å².